The Hall–Kier alpha value is -0.920. The fourth-order valence-electron chi connectivity index (χ4n) is 0.976. The zero-order chi connectivity index (χ0) is 10.6. The molecule has 0 aromatic heterocycles. The third kappa shape index (κ3) is 4.02. The minimum atomic E-state index is -0.539. The molecule has 0 aromatic carbocycles. The first kappa shape index (κ1) is 12.1. The molecule has 0 aliphatic heterocycles. The number of carbonyl (C=O) groups excluding carboxylic acids is 2. The Morgan fingerprint density at radius 3 is 1.62 bits per heavy atom. The van der Waals surface area contributed by atoms with Crippen LogP contribution in [0.3, 0.4) is 0 Å². The van der Waals surface area contributed by atoms with Crippen molar-refractivity contribution in [2.24, 2.45) is 11.8 Å². The molecule has 0 saturated heterocycles. The highest BCUT2D eigenvalue weighted by Gasteiger charge is 2.16. The van der Waals surface area contributed by atoms with Gasteiger partial charge in [-0.2, -0.15) is 0 Å². The van der Waals surface area contributed by atoms with E-state index in [1.54, 1.807) is 6.08 Å². The van der Waals surface area contributed by atoms with Gasteiger partial charge in [-0.15, -0.1) is 0 Å². The van der Waals surface area contributed by atoms with E-state index in [1.165, 1.54) is 13.8 Å². The van der Waals surface area contributed by atoms with Crippen molar-refractivity contribution in [3.05, 3.63) is 11.6 Å². The molecule has 2 heteroatoms. The van der Waals surface area contributed by atoms with Crippen LogP contribution in [0.1, 0.15) is 34.6 Å². The normalized spacial score (nSPS) is 12.4. The van der Waals surface area contributed by atoms with Gasteiger partial charge in [0, 0.05) is 0 Å². The average molecular weight is 182 g/mol. The Balaban J connectivity index is 4.70. The summed E-state index contributed by atoms with van der Waals surface area (Å²) in [7, 11) is 0. The molecule has 0 radical (unpaired) electrons. The molecule has 0 spiro atoms. The molecule has 0 aromatic rings. The van der Waals surface area contributed by atoms with Crippen LogP contribution in [0.2, 0.25) is 0 Å². The van der Waals surface area contributed by atoms with E-state index in [-0.39, 0.29) is 11.6 Å². The van der Waals surface area contributed by atoms with E-state index in [9.17, 15) is 9.59 Å². The maximum absolute atomic E-state index is 11.1. The highest BCUT2D eigenvalue weighted by atomic mass is 16.1. The first-order valence-corrected chi connectivity index (χ1v) is 4.55. The quantitative estimate of drug-likeness (QED) is 0.494. The molecule has 0 N–H and O–H groups in total. The van der Waals surface area contributed by atoms with Gasteiger partial charge in [-0.3, -0.25) is 9.59 Å². The number of hydrogen-bond donors (Lipinski definition) is 0. The van der Waals surface area contributed by atoms with Crippen molar-refractivity contribution in [3.63, 3.8) is 0 Å². The largest absolute Gasteiger partial charge is 0.299 e. The second-order valence-electron chi connectivity index (χ2n) is 3.76. The SMILES string of the molecule is CC(=O)C(/C=C(\C)C(C)C)C(C)=O. The standard InChI is InChI=1S/C11H18O2/c1-7(2)8(3)6-11(9(4)12)10(5)13/h6-7,11H,1-5H3/b8-6+. The van der Waals surface area contributed by atoms with Gasteiger partial charge in [-0.05, 0) is 26.7 Å². The molecule has 0 rings (SSSR count). The monoisotopic (exact) mass is 182 g/mol. The molecular weight excluding hydrogens is 164 g/mol. The second-order valence-corrected chi connectivity index (χ2v) is 3.76. The predicted octanol–water partition coefficient (Wildman–Crippen LogP) is 2.38. The summed E-state index contributed by atoms with van der Waals surface area (Å²) in [6, 6.07) is 0. The van der Waals surface area contributed by atoms with Crippen LogP contribution in [0.15, 0.2) is 11.6 Å². The summed E-state index contributed by atoms with van der Waals surface area (Å²) in [6.07, 6.45) is 1.77. The van der Waals surface area contributed by atoms with E-state index in [4.69, 9.17) is 0 Å². The number of Topliss-reactive ketones (excluding diaryl/α,β-unsaturated/α-hetero) is 2. The number of carbonyl (C=O) groups is 2. The Bertz CT molecular complexity index is 222. The molecule has 0 aliphatic rings. The molecule has 0 fully saturated rings. The molecule has 0 aliphatic carbocycles. The van der Waals surface area contributed by atoms with Crippen molar-refractivity contribution < 1.29 is 9.59 Å². The van der Waals surface area contributed by atoms with Gasteiger partial charge in [0.25, 0.3) is 0 Å². The van der Waals surface area contributed by atoms with Crippen molar-refractivity contribution in [3.8, 4) is 0 Å². The van der Waals surface area contributed by atoms with E-state index >= 15 is 0 Å². The smallest absolute Gasteiger partial charge is 0.144 e. The van der Waals surface area contributed by atoms with E-state index in [2.05, 4.69) is 0 Å². The fourth-order valence-corrected chi connectivity index (χ4v) is 0.976. The summed E-state index contributed by atoms with van der Waals surface area (Å²) in [5, 5.41) is 0. The Labute approximate surface area is 80.0 Å². The van der Waals surface area contributed by atoms with Gasteiger partial charge in [0.15, 0.2) is 0 Å². The molecule has 0 bridgehead atoms. The lowest BCUT2D eigenvalue weighted by Gasteiger charge is -2.09. The lowest BCUT2D eigenvalue weighted by molar-refractivity contribution is -0.128. The number of rotatable bonds is 4. The molecule has 74 valence electrons. The number of hydrogen-bond acceptors (Lipinski definition) is 2. The first-order chi connectivity index (χ1) is 5.86. The lowest BCUT2D eigenvalue weighted by atomic mass is 9.94. The van der Waals surface area contributed by atoms with Crippen molar-refractivity contribution in [1.29, 1.82) is 0 Å². The second kappa shape index (κ2) is 4.95. The minimum absolute atomic E-state index is 0.0764. The zero-order valence-electron chi connectivity index (χ0n) is 9.05. The third-order valence-electron chi connectivity index (χ3n) is 2.22. The average Bonchev–Trinajstić information content (AvgIpc) is 1.97. The van der Waals surface area contributed by atoms with Gasteiger partial charge >= 0.3 is 0 Å². The van der Waals surface area contributed by atoms with E-state index in [0.29, 0.717) is 5.92 Å². The highest BCUT2D eigenvalue weighted by Crippen LogP contribution is 2.13. The summed E-state index contributed by atoms with van der Waals surface area (Å²) in [5.74, 6) is -0.302. The molecule has 2 nitrogen and oxygen atoms in total. The fraction of sp³-hybridized carbons (Fsp3) is 0.636. The molecule has 13 heavy (non-hydrogen) atoms. The van der Waals surface area contributed by atoms with Crippen LogP contribution in [0.5, 0.6) is 0 Å². The Morgan fingerprint density at radius 1 is 1.00 bits per heavy atom. The molecule has 0 saturated carbocycles. The van der Waals surface area contributed by atoms with Gasteiger partial charge in [-0.25, -0.2) is 0 Å². The molecular formula is C11H18O2. The maximum Gasteiger partial charge on any atom is 0.144 e. The van der Waals surface area contributed by atoms with Gasteiger partial charge < -0.3 is 0 Å². The summed E-state index contributed by atoms with van der Waals surface area (Å²) in [6.45, 7) is 8.95. The van der Waals surface area contributed by atoms with Crippen LogP contribution >= 0.6 is 0 Å². The summed E-state index contributed by atoms with van der Waals surface area (Å²) in [4.78, 5) is 22.2. The van der Waals surface area contributed by atoms with Crippen LogP contribution in [0, 0.1) is 11.8 Å². The highest BCUT2D eigenvalue weighted by molar-refractivity contribution is 6.02. The number of ketones is 2. The van der Waals surface area contributed by atoms with Crippen molar-refractivity contribution in [2.45, 2.75) is 34.6 Å². The molecule has 0 unspecified atom stereocenters. The van der Waals surface area contributed by atoms with Crippen LogP contribution in [-0.2, 0) is 9.59 Å². The Morgan fingerprint density at radius 2 is 1.38 bits per heavy atom. The van der Waals surface area contributed by atoms with Crippen molar-refractivity contribution in [1.82, 2.24) is 0 Å². The molecule has 0 heterocycles. The summed E-state index contributed by atoms with van der Waals surface area (Å²) >= 11 is 0. The van der Waals surface area contributed by atoms with Crippen LogP contribution in [-0.4, -0.2) is 11.6 Å². The lowest BCUT2D eigenvalue weighted by Crippen LogP contribution is -2.17. The molecule has 0 amide bonds. The minimum Gasteiger partial charge on any atom is -0.299 e. The summed E-state index contributed by atoms with van der Waals surface area (Å²) in [5.41, 5.74) is 1.09. The van der Waals surface area contributed by atoms with Crippen LogP contribution in [0.4, 0.5) is 0 Å². The van der Waals surface area contributed by atoms with Crippen molar-refractivity contribution in [2.75, 3.05) is 0 Å². The van der Waals surface area contributed by atoms with Gasteiger partial charge in [0.1, 0.15) is 11.6 Å². The zero-order valence-corrected chi connectivity index (χ0v) is 9.05. The first-order valence-electron chi connectivity index (χ1n) is 4.55. The number of allylic oxidation sites excluding steroid dienone is 2. The third-order valence-corrected chi connectivity index (χ3v) is 2.22. The van der Waals surface area contributed by atoms with Crippen molar-refractivity contribution >= 4 is 11.6 Å². The summed E-state index contributed by atoms with van der Waals surface area (Å²) < 4.78 is 0. The topological polar surface area (TPSA) is 34.1 Å². The van der Waals surface area contributed by atoms with Gasteiger partial charge in [0.05, 0.1) is 5.92 Å². The Kier molecular flexibility index (Phi) is 4.60. The van der Waals surface area contributed by atoms with E-state index in [1.807, 2.05) is 20.8 Å². The van der Waals surface area contributed by atoms with Crippen LogP contribution in [0.25, 0.3) is 0 Å². The van der Waals surface area contributed by atoms with Crippen LogP contribution < -0.4 is 0 Å². The predicted molar refractivity (Wildman–Crippen MR) is 53.4 cm³/mol. The van der Waals surface area contributed by atoms with E-state index < -0.39 is 5.92 Å². The van der Waals surface area contributed by atoms with E-state index in [0.717, 1.165) is 5.57 Å². The van der Waals surface area contributed by atoms with Gasteiger partial charge in [0.2, 0.25) is 0 Å². The molecule has 0 atom stereocenters. The van der Waals surface area contributed by atoms with Gasteiger partial charge in [-0.1, -0.05) is 25.5 Å². The maximum atomic E-state index is 11.1.